The zero-order chi connectivity index (χ0) is 38.4. The highest BCUT2D eigenvalue weighted by Gasteiger charge is 2.20. The van der Waals surface area contributed by atoms with E-state index < -0.39 is 13.9 Å². The maximum Gasteiger partial charge on any atom is 0.306 e. The molecule has 2 unspecified atom stereocenters. The predicted octanol–water partition coefficient (Wildman–Crippen LogP) is 11.1. The van der Waals surface area contributed by atoms with E-state index in [2.05, 4.69) is 74.6 Å². The lowest BCUT2D eigenvalue weighted by atomic mass is 10.1. The Bertz CT molecular complexity index is 1020. The monoisotopic (exact) mass is 752 g/mol. The molecule has 0 aliphatic heterocycles. The fraction of sp³-hybridized carbons (Fsp3) is 0.744. The Kier molecular flexibility index (Phi) is 34.9. The van der Waals surface area contributed by atoms with Crippen LogP contribution in [0.25, 0.3) is 0 Å². The lowest BCUT2D eigenvalue weighted by Gasteiger charge is -2.28. The summed E-state index contributed by atoms with van der Waals surface area (Å²) in [4.78, 5) is 25.0. The number of quaternary nitrogens is 1. The largest absolute Gasteiger partial charge is 0.756 e. The summed E-state index contributed by atoms with van der Waals surface area (Å²) in [7, 11) is 1.33. The Morgan fingerprint density at radius 3 is 1.69 bits per heavy atom. The van der Waals surface area contributed by atoms with Crippen molar-refractivity contribution in [1.82, 2.24) is 0 Å². The van der Waals surface area contributed by atoms with Gasteiger partial charge in [-0.05, 0) is 70.6 Å². The van der Waals surface area contributed by atoms with E-state index in [4.69, 9.17) is 18.5 Å². The quantitative estimate of drug-likeness (QED) is 0.0205. The number of rotatable bonds is 37. The van der Waals surface area contributed by atoms with E-state index in [0.717, 1.165) is 77.0 Å². The summed E-state index contributed by atoms with van der Waals surface area (Å²) < 4.78 is 34.5. The SMILES string of the molecule is CC/C=C\C/C=C\C/C=C\C/C=C\CCCCCCCCC(=O)OC(COCCCCCCCC/C=C\CCC)COP(=O)([O-])OCC[N+](C)(C)C. The van der Waals surface area contributed by atoms with Gasteiger partial charge >= 0.3 is 5.97 Å². The average Bonchev–Trinajstić information content (AvgIpc) is 3.09. The van der Waals surface area contributed by atoms with Crippen LogP contribution in [0.2, 0.25) is 0 Å². The molecule has 0 saturated heterocycles. The lowest BCUT2D eigenvalue weighted by Crippen LogP contribution is -2.37. The minimum atomic E-state index is -4.53. The molecule has 0 amide bonds. The van der Waals surface area contributed by atoms with Crippen molar-refractivity contribution < 1.29 is 37.3 Å². The van der Waals surface area contributed by atoms with Gasteiger partial charge in [0.05, 0.1) is 34.4 Å². The number of ether oxygens (including phenoxy) is 2. The first-order valence-corrected chi connectivity index (χ1v) is 22.0. The second-order valence-corrected chi connectivity index (χ2v) is 16.0. The molecular formula is C43H78NO7P. The van der Waals surface area contributed by atoms with Crippen molar-refractivity contribution in [2.75, 3.05) is 54.1 Å². The fourth-order valence-electron chi connectivity index (χ4n) is 5.13. The van der Waals surface area contributed by atoms with E-state index in [1.54, 1.807) is 0 Å². The van der Waals surface area contributed by atoms with E-state index in [9.17, 15) is 14.3 Å². The number of esters is 1. The van der Waals surface area contributed by atoms with Crippen molar-refractivity contribution in [2.24, 2.45) is 0 Å². The van der Waals surface area contributed by atoms with Crippen LogP contribution in [0.5, 0.6) is 0 Å². The van der Waals surface area contributed by atoms with Crippen molar-refractivity contribution in [3.8, 4) is 0 Å². The summed E-state index contributed by atoms with van der Waals surface area (Å²) in [6.45, 7) is 5.19. The van der Waals surface area contributed by atoms with Gasteiger partial charge in [0.1, 0.15) is 19.3 Å². The summed E-state index contributed by atoms with van der Waals surface area (Å²) in [5.41, 5.74) is 0. The van der Waals surface area contributed by atoms with Crippen LogP contribution in [0.1, 0.15) is 149 Å². The third-order valence-electron chi connectivity index (χ3n) is 8.28. The molecule has 0 spiro atoms. The van der Waals surface area contributed by atoms with Crippen molar-refractivity contribution in [3.05, 3.63) is 60.8 Å². The first-order valence-electron chi connectivity index (χ1n) is 20.5. The zero-order valence-corrected chi connectivity index (χ0v) is 34.9. The highest BCUT2D eigenvalue weighted by molar-refractivity contribution is 7.45. The van der Waals surface area contributed by atoms with Gasteiger partial charge < -0.3 is 27.9 Å². The maximum atomic E-state index is 12.6. The smallest absolute Gasteiger partial charge is 0.306 e. The molecule has 0 aromatic rings. The molecule has 2 atom stereocenters. The Morgan fingerprint density at radius 2 is 1.12 bits per heavy atom. The first-order chi connectivity index (χ1) is 25.1. The Labute approximate surface area is 320 Å². The summed E-state index contributed by atoms with van der Waals surface area (Å²) in [5.74, 6) is -0.354. The van der Waals surface area contributed by atoms with Crippen LogP contribution in [0.4, 0.5) is 0 Å². The van der Waals surface area contributed by atoms with Gasteiger partial charge in [-0.15, -0.1) is 0 Å². The van der Waals surface area contributed by atoms with Gasteiger partial charge in [0, 0.05) is 13.0 Å². The molecule has 0 fully saturated rings. The van der Waals surface area contributed by atoms with Crippen molar-refractivity contribution in [2.45, 2.75) is 155 Å². The molecule has 0 aliphatic carbocycles. The van der Waals surface area contributed by atoms with Crippen molar-refractivity contribution in [3.63, 3.8) is 0 Å². The number of nitrogens with zero attached hydrogens (tertiary/aromatic N) is 1. The number of unbranched alkanes of at least 4 members (excludes halogenated alkanes) is 13. The summed E-state index contributed by atoms with van der Waals surface area (Å²) in [6, 6.07) is 0. The Balaban J connectivity index is 4.28. The maximum absolute atomic E-state index is 12.6. The average molecular weight is 752 g/mol. The number of hydrogen-bond donors (Lipinski definition) is 0. The second kappa shape index (κ2) is 36.2. The molecule has 52 heavy (non-hydrogen) atoms. The third-order valence-corrected chi connectivity index (χ3v) is 9.25. The van der Waals surface area contributed by atoms with Crippen molar-refractivity contribution >= 4 is 13.8 Å². The van der Waals surface area contributed by atoms with Crippen LogP contribution >= 0.6 is 7.82 Å². The molecule has 9 heteroatoms. The number of carbonyl (C=O) groups excluding carboxylic acids is 1. The van der Waals surface area contributed by atoms with Crippen LogP contribution in [-0.2, 0) is 27.9 Å². The highest BCUT2D eigenvalue weighted by Crippen LogP contribution is 2.38. The minimum absolute atomic E-state index is 0.0191. The number of carbonyl (C=O) groups is 1. The predicted molar refractivity (Wildman–Crippen MR) is 217 cm³/mol. The molecule has 0 heterocycles. The second-order valence-electron chi connectivity index (χ2n) is 14.6. The molecule has 0 saturated carbocycles. The van der Waals surface area contributed by atoms with Gasteiger partial charge in [-0.25, -0.2) is 0 Å². The van der Waals surface area contributed by atoms with E-state index in [1.807, 2.05) is 21.1 Å². The van der Waals surface area contributed by atoms with Gasteiger partial charge in [0.2, 0.25) is 0 Å². The molecule has 302 valence electrons. The Hall–Kier alpha value is -1.80. The summed E-state index contributed by atoms with van der Waals surface area (Å²) in [5, 5.41) is 0. The summed E-state index contributed by atoms with van der Waals surface area (Å²) >= 11 is 0. The van der Waals surface area contributed by atoms with E-state index in [-0.39, 0.29) is 25.8 Å². The molecular weight excluding hydrogens is 673 g/mol. The molecule has 0 aliphatic rings. The molecule has 8 nitrogen and oxygen atoms in total. The molecule has 0 N–H and O–H groups in total. The number of phosphoric acid groups is 1. The molecule has 0 radical (unpaired) electrons. The van der Waals surface area contributed by atoms with Crippen LogP contribution in [0.15, 0.2) is 60.8 Å². The lowest BCUT2D eigenvalue weighted by molar-refractivity contribution is -0.870. The van der Waals surface area contributed by atoms with Gasteiger partial charge in [0.25, 0.3) is 7.82 Å². The van der Waals surface area contributed by atoms with Crippen molar-refractivity contribution in [1.29, 1.82) is 0 Å². The van der Waals surface area contributed by atoms with Gasteiger partial charge in [-0.2, -0.15) is 0 Å². The third kappa shape index (κ3) is 39.4. The topological polar surface area (TPSA) is 94.1 Å². The standard InChI is InChI=1S/C43H78NO7P/c1-6-8-10-12-14-16-18-19-20-21-22-23-24-25-26-28-30-32-34-36-43(45)51-42(41-50-52(46,47)49-39-37-44(3,4)5)40-48-38-35-33-31-29-27-17-15-13-11-9-7-2/h8,10-11,13-14,16,19-20,22-23,42H,6-7,9,12,15,17-18,21,24-41H2,1-5H3/b10-8-,13-11-,16-14-,20-19-,23-22-. The number of hydrogen-bond acceptors (Lipinski definition) is 7. The van der Waals surface area contributed by atoms with Crippen LogP contribution in [0.3, 0.4) is 0 Å². The number of likely N-dealkylation sites (N-methyl/N-ethyl adjacent to an activating group) is 1. The van der Waals surface area contributed by atoms with E-state index >= 15 is 0 Å². The van der Waals surface area contributed by atoms with Gasteiger partial charge in [-0.1, -0.05) is 132 Å². The van der Waals surface area contributed by atoms with Crippen LogP contribution in [-0.4, -0.2) is 70.7 Å². The molecule has 0 bridgehead atoms. The molecule has 0 aromatic heterocycles. The Morgan fingerprint density at radius 1 is 0.615 bits per heavy atom. The first kappa shape index (κ1) is 50.2. The summed E-state index contributed by atoms with van der Waals surface area (Å²) in [6.07, 6.45) is 43.7. The normalized spacial score (nSPS) is 14.5. The molecule has 0 aromatic carbocycles. The van der Waals surface area contributed by atoms with Crippen LogP contribution in [0, 0.1) is 0 Å². The number of phosphoric ester groups is 1. The van der Waals surface area contributed by atoms with Gasteiger partial charge in [0.15, 0.2) is 0 Å². The fourth-order valence-corrected chi connectivity index (χ4v) is 5.85. The zero-order valence-electron chi connectivity index (χ0n) is 34.0. The minimum Gasteiger partial charge on any atom is -0.756 e. The van der Waals surface area contributed by atoms with E-state index in [1.165, 1.54) is 51.4 Å². The van der Waals surface area contributed by atoms with Gasteiger partial charge in [-0.3, -0.25) is 9.36 Å². The number of allylic oxidation sites excluding steroid dienone is 10. The van der Waals surface area contributed by atoms with E-state index in [0.29, 0.717) is 24.1 Å². The van der Waals surface area contributed by atoms with Crippen LogP contribution < -0.4 is 4.89 Å². The highest BCUT2D eigenvalue weighted by atomic mass is 31.2. The molecule has 0 rings (SSSR count).